The summed E-state index contributed by atoms with van der Waals surface area (Å²) in [4.78, 5) is 0. The maximum atomic E-state index is 6.00. The molecule has 0 aliphatic carbocycles. The van der Waals surface area contributed by atoms with E-state index in [1.165, 1.54) is 0 Å². The number of halogens is 2. The van der Waals surface area contributed by atoms with Gasteiger partial charge in [0.15, 0.2) is 16.1 Å². The van der Waals surface area contributed by atoms with Gasteiger partial charge in [-0.3, -0.25) is 4.68 Å². The average molecular weight is 397 g/mol. The molecule has 0 atom stereocenters. The SMILES string of the molecule is Nc1cn(Cc2ccccc2Br)nc1-c1ccc(Br)o1. The molecule has 2 N–H and O–H groups in total. The van der Waals surface area contributed by atoms with Gasteiger partial charge in [0.25, 0.3) is 0 Å². The lowest BCUT2D eigenvalue weighted by molar-refractivity contribution is 0.551. The summed E-state index contributed by atoms with van der Waals surface area (Å²) in [5.74, 6) is 0.653. The number of benzene rings is 1. The highest BCUT2D eigenvalue weighted by molar-refractivity contribution is 9.10. The van der Waals surface area contributed by atoms with Crippen LogP contribution >= 0.6 is 31.9 Å². The first-order valence-corrected chi connectivity index (χ1v) is 7.54. The van der Waals surface area contributed by atoms with Crippen molar-refractivity contribution in [3.8, 4) is 11.5 Å². The first kappa shape index (κ1) is 13.5. The van der Waals surface area contributed by atoms with Crippen LogP contribution in [0, 0.1) is 0 Å². The summed E-state index contributed by atoms with van der Waals surface area (Å²) in [5, 5.41) is 4.49. The molecule has 0 spiro atoms. The van der Waals surface area contributed by atoms with Crippen LogP contribution in [-0.4, -0.2) is 9.78 Å². The van der Waals surface area contributed by atoms with E-state index in [4.69, 9.17) is 10.2 Å². The van der Waals surface area contributed by atoms with Crippen molar-refractivity contribution < 1.29 is 4.42 Å². The third kappa shape index (κ3) is 2.66. The number of nitrogens with zero attached hydrogens (tertiary/aromatic N) is 2. The molecule has 0 bridgehead atoms. The number of hydrogen-bond acceptors (Lipinski definition) is 3. The Balaban J connectivity index is 1.91. The second-order valence-corrected chi connectivity index (χ2v) is 5.96. The highest BCUT2D eigenvalue weighted by atomic mass is 79.9. The molecule has 102 valence electrons. The van der Waals surface area contributed by atoms with Gasteiger partial charge in [-0.15, -0.1) is 0 Å². The fraction of sp³-hybridized carbons (Fsp3) is 0.0714. The van der Waals surface area contributed by atoms with Gasteiger partial charge >= 0.3 is 0 Å². The normalized spacial score (nSPS) is 10.9. The molecule has 2 aromatic heterocycles. The number of anilines is 1. The molecule has 0 aliphatic heterocycles. The van der Waals surface area contributed by atoms with E-state index in [-0.39, 0.29) is 0 Å². The minimum atomic E-state index is 0.596. The number of nitrogens with two attached hydrogens (primary N) is 1. The van der Waals surface area contributed by atoms with Crippen LogP contribution in [0.3, 0.4) is 0 Å². The van der Waals surface area contributed by atoms with Crippen LogP contribution in [0.5, 0.6) is 0 Å². The van der Waals surface area contributed by atoms with Gasteiger partial charge < -0.3 is 10.2 Å². The van der Waals surface area contributed by atoms with E-state index < -0.39 is 0 Å². The Hall–Kier alpha value is -1.53. The van der Waals surface area contributed by atoms with Crippen LogP contribution in [0.1, 0.15) is 5.56 Å². The third-order valence-corrected chi connectivity index (χ3v) is 4.09. The standard InChI is InChI=1S/C14H11Br2N3O/c15-10-4-2-1-3-9(10)7-19-8-11(17)14(18-19)12-5-6-13(16)20-12/h1-6,8H,7,17H2. The summed E-state index contributed by atoms with van der Waals surface area (Å²) < 4.78 is 9.01. The van der Waals surface area contributed by atoms with Crippen molar-refractivity contribution in [3.63, 3.8) is 0 Å². The maximum absolute atomic E-state index is 6.00. The highest BCUT2D eigenvalue weighted by Gasteiger charge is 2.13. The predicted octanol–water partition coefficient (Wildman–Crippen LogP) is 4.30. The molecule has 2 heterocycles. The topological polar surface area (TPSA) is 57.0 Å². The lowest BCUT2D eigenvalue weighted by atomic mass is 10.2. The van der Waals surface area contributed by atoms with Crippen LogP contribution in [0.15, 0.2) is 56.2 Å². The van der Waals surface area contributed by atoms with Crippen molar-refractivity contribution in [3.05, 3.63) is 57.3 Å². The van der Waals surface area contributed by atoms with Gasteiger partial charge in [-0.2, -0.15) is 5.10 Å². The van der Waals surface area contributed by atoms with Crippen LogP contribution in [0.2, 0.25) is 0 Å². The molecule has 0 saturated carbocycles. The molecule has 0 unspecified atom stereocenters. The van der Waals surface area contributed by atoms with E-state index in [0.717, 1.165) is 10.0 Å². The van der Waals surface area contributed by atoms with Gasteiger partial charge in [0, 0.05) is 10.7 Å². The lowest BCUT2D eigenvalue weighted by Crippen LogP contribution is -2.00. The zero-order chi connectivity index (χ0) is 14.1. The van der Waals surface area contributed by atoms with Crippen LogP contribution < -0.4 is 5.73 Å². The molecular weight excluding hydrogens is 386 g/mol. The molecule has 0 aliphatic rings. The zero-order valence-electron chi connectivity index (χ0n) is 10.4. The largest absolute Gasteiger partial charge is 0.448 e. The van der Waals surface area contributed by atoms with Gasteiger partial charge in [-0.1, -0.05) is 34.1 Å². The minimum absolute atomic E-state index is 0.596. The second kappa shape index (κ2) is 5.46. The van der Waals surface area contributed by atoms with E-state index >= 15 is 0 Å². The van der Waals surface area contributed by atoms with Gasteiger partial charge in [0.05, 0.1) is 12.2 Å². The molecule has 1 aromatic carbocycles. The Kier molecular flexibility index (Phi) is 3.67. The molecule has 4 nitrogen and oxygen atoms in total. The molecule has 0 radical (unpaired) electrons. The Labute approximate surface area is 132 Å². The first-order chi connectivity index (χ1) is 9.63. The fourth-order valence-electron chi connectivity index (χ4n) is 1.95. The van der Waals surface area contributed by atoms with E-state index in [2.05, 4.69) is 37.0 Å². The van der Waals surface area contributed by atoms with Crippen LogP contribution in [-0.2, 0) is 6.54 Å². The number of hydrogen-bond donors (Lipinski definition) is 1. The third-order valence-electron chi connectivity index (χ3n) is 2.89. The lowest BCUT2D eigenvalue weighted by Gasteiger charge is -2.03. The van der Waals surface area contributed by atoms with Crippen LogP contribution in [0.25, 0.3) is 11.5 Å². The highest BCUT2D eigenvalue weighted by Crippen LogP contribution is 2.28. The predicted molar refractivity (Wildman–Crippen MR) is 85.3 cm³/mol. The summed E-state index contributed by atoms with van der Waals surface area (Å²) >= 11 is 6.81. The molecule has 0 fully saturated rings. The van der Waals surface area contributed by atoms with Crippen molar-refractivity contribution in [1.29, 1.82) is 0 Å². The molecule has 3 rings (SSSR count). The quantitative estimate of drug-likeness (QED) is 0.717. The number of nitrogen functional groups attached to an aromatic ring is 1. The number of rotatable bonds is 3. The molecule has 0 saturated heterocycles. The molecule has 0 amide bonds. The average Bonchev–Trinajstić information content (AvgIpc) is 2.98. The Morgan fingerprint density at radius 1 is 1.15 bits per heavy atom. The van der Waals surface area contributed by atoms with E-state index in [9.17, 15) is 0 Å². The second-order valence-electron chi connectivity index (χ2n) is 4.33. The van der Waals surface area contributed by atoms with E-state index in [1.54, 1.807) is 4.68 Å². The van der Waals surface area contributed by atoms with Gasteiger partial charge in [-0.05, 0) is 39.7 Å². The summed E-state index contributed by atoms with van der Waals surface area (Å²) in [7, 11) is 0. The Morgan fingerprint density at radius 2 is 1.95 bits per heavy atom. The smallest absolute Gasteiger partial charge is 0.169 e. The summed E-state index contributed by atoms with van der Waals surface area (Å²) in [5.41, 5.74) is 8.40. The summed E-state index contributed by atoms with van der Waals surface area (Å²) in [6.45, 7) is 0.646. The zero-order valence-corrected chi connectivity index (χ0v) is 13.6. The molecule has 6 heteroatoms. The Morgan fingerprint density at radius 3 is 2.65 bits per heavy atom. The van der Waals surface area contributed by atoms with Crippen molar-refractivity contribution in [2.75, 3.05) is 5.73 Å². The molecular formula is C14H11Br2N3O. The van der Waals surface area contributed by atoms with Gasteiger partial charge in [0.2, 0.25) is 0 Å². The van der Waals surface area contributed by atoms with Crippen molar-refractivity contribution in [1.82, 2.24) is 9.78 Å². The minimum Gasteiger partial charge on any atom is -0.448 e. The van der Waals surface area contributed by atoms with Crippen LogP contribution in [0.4, 0.5) is 5.69 Å². The number of aromatic nitrogens is 2. The maximum Gasteiger partial charge on any atom is 0.169 e. The van der Waals surface area contributed by atoms with Crippen molar-refractivity contribution in [2.24, 2.45) is 0 Å². The summed E-state index contributed by atoms with van der Waals surface area (Å²) in [6.07, 6.45) is 1.81. The Bertz CT molecular complexity index is 748. The molecule has 3 aromatic rings. The van der Waals surface area contributed by atoms with Gasteiger partial charge in [-0.25, -0.2) is 0 Å². The summed E-state index contributed by atoms with van der Waals surface area (Å²) in [6, 6.07) is 11.7. The first-order valence-electron chi connectivity index (χ1n) is 5.95. The number of furan rings is 1. The van der Waals surface area contributed by atoms with E-state index in [0.29, 0.717) is 28.4 Å². The van der Waals surface area contributed by atoms with E-state index in [1.807, 2.05) is 42.6 Å². The van der Waals surface area contributed by atoms with Crippen molar-refractivity contribution in [2.45, 2.75) is 6.54 Å². The fourth-order valence-corrected chi connectivity index (χ4v) is 2.67. The molecule has 20 heavy (non-hydrogen) atoms. The van der Waals surface area contributed by atoms with Gasteiger partial charge in [0.1, 0.15) is 0 Å². The van der Waals surface area contributed by atoms with Crippen molar-refractivity contribution >= 4 is 37.5 Å². The monoisotopic (exact) mass is 395 g/mol.